The van der Waals surface area contributed by atoms with Gasteiger partial charge in [-0.1, -0.05) is 0 Å². The van der Waals surface area contributed by atoms with Crippen LogP contribution in [0.2, 0.25) is 0 Å². The van der Waals surface area contributed by atoms with Gasteiger partial charge in [0.05, 0.1) is 0 Å². The summed E-state index contributed by atoms with van der Waals surface area (Å²) >= 11 is 0. The van der Waals surface area contributed by atoms with Crippen molar-refractivity contribution in [2.24, 2.45) is 0 Å². The second-order valence-corrected chi connectivity index (χ2v) is 0. The quantitative estimate of drug-likeness (QED) is 0.475. The van der Waals surface area contributed by atoms with Crippen LogP contribution in [0, 0.1) is 35.6 Å². The largest absolute Gasteiger partial charge is 2.00 e. The van der Waals surface area contributed by atoms with Crippen LogP contribution in [-0.4, -0.2) is 88.3 Å². The molecular formula is H7GaLaMgSr. The smallest absolute Gasteiger partial charge is 1.00 e. The van der Waals surface area contributed by atoms with Gasteiger partial charge in [-0.25, -0.2) is 0 Å². The van der Waals surface area contributed by atoms with Crippen LogP contribution >= 0.6 is 0 Å². The summed E-state index contributed by atoms with van der Waals surface area (Å²) in [6.45, 7) is 0. The summed E-state index contributed by atoms with van der Waals surface area (Å²) in [7, 11) is 0. The fourth-order valence-corrected chi connectivity index (χ4v) is 0. The van der Waals surface area contributed by atoms with E-state index in [-0.39, 0.29) is 130 Å². The first-order chi connectivity index (χ1) is 0. The van der Waals surface area contributed by atoms with Gasteiger partial charge in [0.1, 0.15) is 0 Å². The summed E-state index contributed by atoms with van der Waals surface area (Å²) in [6.07, 6.45) is 0. The summed E-state index contributed by atoms with van der Waals surface area (Å²) in [5, 5.41) is 0. The molecule has 0 unspecified atom stereocenters. The molecule has 0 aliphatic carbocycles. The second kappa shape index (κ2) is 15.7. The minimum absolute atomic E-state index is 0. The normalized spacial score (nSPS) is 0. The number of hydrogen-bond donors (Lipinski definition) is 0. The zero-order valence-electron chi connectivity index (χ0n) is 5.99. The van der Waals surface area contributed by atoms with E-state index in [0.29, 0.717) is 0 Å². The molecule has 0 spiro atoms. The molecule has 0 atom stereocenters. The third kappa shape index (κ3) is 9.42. The van der Waals surface area contributed by atoms with Gasteiger partial charge in [0.15, 0.2) is 0 Å². The zero-order chi connectivity index (χ0) is 0. The van der Waals surface area contributed by atoms with Crippen molar-refractivity contribution in [3.63, 3.8) is 0 Å². The SMILES string of the molecule is [GaH3].[H-].[H-].[H-].[H-].[La].[Mg+2].[Sr+2]. The molecule has 17 valence electrons. The molecule has 0 aliphatic rings. The molecule has 1 radical (unpaired) electrons. The number of rotatable bonds is 0. The Morgan fingerprint density at radius 2 is 1.25 bits per heavy atom. The Kier molecular flexibility index (Phi) is 95.7. The van der Waals surface area contributed by atoms with E-state index in [1.165, 1.54) is 0 Å². The van der Waals surface area contributed by atoms with Gasteiger partial charge in [-0.05, 0) is 0 Å². The molecule has 4 heteroatoms. The molecule has 0 aliphatic heterocycles. The maximum atomic E-state index is 0. The number of hydrogen-bond acceptors (Lipinski definition) is 0. The predicted octanol–water partition coefficient (Wildman–Crippen LogP) is -1.50. The van der Waals surface area contributed by atoms with Crippen molar-refractivity contribution in [1.29, 1.82) is 0 Å². The van der Waals surface area contributed by atoms with Crippen LogP contribution < -0.4 is 0 Å². The molecule has 0 nitrogen and oxygen atoms in total. The maximum absolute atomic E-state index is 0. The molecule has 0 rings (SSSR count). The first-order valence-corrected chi connectivity index (χ1v) is 0. The van der Waals surface area contributed by atoms with Gasteiger partial charge in [-0.2, -0.15) is 0 Å². The minimum atomic E-state index is 0. The first-order valence-electron chi connectivity index (χ1n) is 0. The molecule has 4 heavy (non-hydrogen) atoms. The van der Waals surface area contributed by atoms with Crippen LogP contribution in [0.3, 0.4) is 0 Å². The Hall–Kier alpha value is 4.08. The van der Waals surface area contributed by atoms with Crippen LogP contribution in [0.1, 0.15) is 5.71 Å². The van der Waals surface area contributed by atoms with E-state index in [1.807, 2.05) is 0 Å². The van der Waals surface area contributed by atoms with E-state index in [0.717, 1.165) is 0 Å². The van der Waals surface area contributed by atoms with Gasteiger partial charge in [-0.3, -0.25) is 0 Å². The van der Waals surface area contributed by atoms with Gasteiger partial charge in [0.25, 0.3) is 0 Å². The van der Waals surface area contributed by atoms with Crippen LogP contribution in [0.4, 0.5) is 0 Å². The molecule has 0 saturated heterocycles. The third-order valence-electron chi connectivity index (χ3n) is 0. The van der Waals surface area contributed by atoms with Gasteiger partial charge in [0, 0.05) is 35.6 Å². The molecule has 0 aromatic carbocycles. The maximum Gasteiger partial charge on any atom is 2.00 e. The van der Waals surface area contributed by atoms with Crippen LogP contribution in [0.25, 0.3) is 0 Å². The fourth-order valence-electron chi connectivity index (χ4n) is 0. The summed E-state index contributed by atoms with van der Waals surface area (Å²) in [4.78, 5) is 0. The average Bonchev–Trinajstić information content (AvgIpc) is 0. The van der Waals surface area contributed by atoms with Crippen molar-refractivity contribution in [3.8, 4) is 0 Å². The minimum Gasteiger partial charge on any atom is -1.00 e. The molecule has 0 aromatic heterocycles. The van der Waals surface area contributed by atoms with Crippen molar-refractivity contribution < 1.29 is 41.3 Å². The molecule has 0 fully saturated rings. The molecule has 0 amide bonds. The Morgan fingerprint density at radius 3 is 1.25 bits per heavy atom. The van der Waals surface area contributed by atoms with Gasteiger partial charge < -0.3 is 5.71 Å². The summed E-state index contributed by atoms with van der Waals surface area (Å²) < 4.78 is 0. The molecule has 0 saturated carbocycles. The van der Waals surface area contributed by atoms with Crippen molar-refractivity contribution in [1.82, 2.24) is 0 Å². The van der Waals surface area contributed by atoms with E-state index >= 15 is 0 Å². The standard InChI is InChI=1S/Ga.La.Mg.Sr.7H/q;;2*+2;;;;4*-1. The second-order valence-electron chi connectivity index (χ2n) is 0. The molecule has 0 N–H and O–H groups in total. The van der Waals surface area contributed by atoms with Crippen molar-refractivity contribution >= 4 is 88.3 Å². The third-order valence-corrected chi connectivity index (χ3v) is 0. The van der Waals surface area contributed by atoms with Crippen molar-refractivity contribution in [3.05, 3.63) is 0 Å². The molecule has 0 aromatic rings. The van der Waals surface area contributed by atoms with Gasteiger partial charge >= 0.3 is 88.3 Å². The summed E-state index contributed by atoms with van der Waals surface area (Å²) in [6, 6.07) is 0. The Bertz CT molecular complexity index is 16.0. The van der Waals surface area contributed by atoms with Crippen LogP contribution in [0.5, 0.6) is 0 Å². The van der Waals surface area contributed by atoms with Crippen LogP contribution in [0.15, 0.2) is 0 Å². The summed E-state index contributed by atoms with van der Waals surface area (Å²) in [5.74, 6) is 0. The van der Waals surface area contributed by atoms with Crippen LogP contribution in [-0.2, 0) is 0 Å². The Morgan fingerprint density at radius 1 is 1.25 bits per heavy atom. The van der Waals surface area contributed by atoms with E-state index in [4.69, 9.17) is 0 Å². The van der Waals surface area contributed by atoms with E-state index in [2.05, 4.69) is 0 Å². The Balaban J connectivity index is 0. The topological polar surface area (TPSA) is 0 Å². The molecule has 0 bridgehead atoms. The van der Waals surface area contributed by atoms with E-state index < -0.39 is 0 Å². The van der Waals surface area contributed by atoms with Crippen molar-refractivity contribution in [2.75, 3.05) is 0 Å². The monoisotopic (exact) mass is 327 g/mol. The molecule has 0 heterocycles. The fraction of sp³-hybridized carbons (Fsp3) is 0. The van der Waals surface area contributed by atoms with Crippen molar-refractivity contribution in [2.45, 2.75) is 0 Å². The Labute approximate surface area is 126 Å². The summed E-state index contributed by atoms with van der Waals surface area (Å²) in [5.41, 5.74) is 0. The molecular weight excluding hydrogens is 321 g/mol. The van der Waals surface area contributed by atoms with Gasteiger partial charge in [-0.15, -0.1) is 0 Å². The van der Waals surface area contributed by atoms with Gasteiger partial charge in [0.2, 0.25) is 0 Å². The zero-order valence-corrected chi connectivity index (χ0v) is 10.5. The first kappa shape index (κ1) is 24.3. The van der Waals surface area contributed by atoms with E-state index in [1.54, 1.807) is 0 Å². The average molecular weight is 328 g/mol. The predicted molar refractivity (Wildman–Crippen MR) is 25.9 cm³/mol. The van der Waals surface area contributed by atoms with E-state index in [9.17, 15) is 0 Å².